The Morgan fingerprint density at radius 2 is 1.73 bits per heavy atom. The van der Waals surface area contributed by atoms with Crippen LogP contribution in [0.2, 0.25) is 10.2 Å². The fraction of sp³-hybridized carbons (Fsp3) is 0.560. The van der Waals surface area contributed by atoms with Crippen LogP contribution >= 0.6 is 35.4 Å². The maximum Gasteiger partial charge on any atom is 0.232 e. The summed E-state index contributed by atoms with van der Waals surface area (Å²) in [7, 11) is 0. The van der Waals surface area contributed by atoms with Crippen LogP contribution in [-0.2, 0) is 5.41 Å². The Bertz CT molecular complexity index is 952. The predicted molar refractivity (Wildman–Crippen MR) is 143 cm³/mol. The third-order valence-corrected chi connectivity index (χ3v) is 7.65. The number of thiocarbonyl (C=S) groups is 1. The molecule has 178 valence electrons. The van der Waals surface area contributed by atoms with E-state index in [2.05, 4.69) is 46.5 Å². The average Bonchev–Trinajstić information content (AvgIpc) is 2.78. The first kappa shape index (κ1) is 24.5. The molecule has 1 saturated carbocycles. The summed E-state index contributed by atoms with van der Waals surface area (Å²) < 4.78 is 0. The Balaban J connectivity index is 1.43. The van der Waals surface area contributed by atoms with Gasteiger partial charge in [-0.3, -0.25) is 0 Å². The zero-order valence-corrected chi connectivity index (χ0v) is 21.7. The summed E-state index contributed by atoms with van der Waals surface area (Å²) >= 11 is 18.1. The number of benzene rings is 1. The first-order valence-electron chi connectivity index (χ1n) is 11.9. The lowest BCUT2D eigenvalue weighted by atomic mass is 9.69. The van der Waals surface area contributed by atoms with Crippen molar-refractivity contribution in [3.63, 3.8) is 0 Å². The SMILES string of the molecule is C[C@@H]1C[C@H](C)CN(c2cc(Cl)nc(NC(=S)NCC3(c4ccc(Cl)cc4)CCCCC3)n2)C1. The van der Waals surface area contributed by atoms with E-state index in [0.29, 0.717) is 28.0 Å². The number of piperidine rings is 1. The van der Waals surface area contributed by atoms with Crippen molar-refractivity contribution in [1.82, 2.24) is 15.3 Å². The van der Waals surface area contributed by atoms with Crippen LogP contribution in [0, 0.1) is 11.8 Å². The van der Waals surface area contributed by atoms with E-state index >= 15 is 0 Å². The Morgan fingerprint density at radius 1 is 1.06 bits per heavy atom. The number of aromatic nitrogens is 2. The van der Waals surface area contributed by atoms with E-state index in [1.165, 1.54) is 31.2 Å². The molecule has 4 rings (SSSR count). The number of hydrogen-bond acceptors (Lipinski definition) is 4. The molecule has 33 heavy (non-hydrogen) atoms. The van der Waals surface area contributed by atoms with Crippen LogP contribution in [0.5, 0.6) is 0 Å². The van der Waals surface area contributed by atoms with Crippen molar-refractivity contribution in [1.29, 1.82) is 0 Å². The van der Waals surface area contributed by atoms with Gasteiger partial charge in [0.2, 0.25) is 5.95 Å². The number of halogens is 2. The minimum absolute atomic E-state index is 0.0506. The van der Waals surface area contributed by atoms with Gasteiger partial charge in [0.05, 0.1) is 0 Å². The summed E-state index contributed by atoms with van der Waals surface area (Å²) in [5, 5.41) is 8.30. The Morgan fingerprint density at radius 3 is 2.39 bits per heavy atom. The van der Waals surface area contributed by atoms with Gasteiger partial charge in [0.25, 0.3) is 0 Å². The van der Waals surface area contributed by atoms with Crippen molar-refractivity contribution >= 4 is 52.3 Å². The van der Waals surface area contributed by atoms with Gasteiger partial charge < -0.3 is 15.5 Å². The lowest BCUT2D eigenvalue weighted by Gasteiger charge is -2.38. The number of hydrogen-bond donors (Lipinski definition) is 2. The van der Waals surface area contributed by atoms with E-state index in [1.807, 2.05) is 18.2 Å². The number of anilines is 2. The molecule has 2 atom stereocenters. The summed E-state index contributed by atoms with van der Waals surface area (Å²) in [5.41, 5.74) is 1.37. The quantitative estimate of drug-likeness (QED) is 0.359. The normalized spacial score (nSPS) is 22.6. The second-order valence-corrected chi connectivity index (χ2v) is 11.1. The summed E-state index contributed by atoms with van der Waals surface area (Å²) in [6.45, 7) is 7.28. The number of nitrogens with zero attached hydrogens (tertiary/aromatic N) is 3. The minimum atomic E-state index is 0.0506. The van der Waals surface area contributed by atoms with E-state index in [0.717, 1.165) is 43.3 Å². The molecule has 2 aliphatic rings. The summed E-state index contributed by atoms with van der Waals surface area (Å²) in [6.07, 6.45) is 7.23. The minimum Gasteiger partial charge on any atom is -0.361 e. The van der Waals surface area contributed by atoms with Crippen LogP contribution in [-0.4, -0.2) is 34.7 Å². The number of rotatable bonds is 5. The monoisotopic (exact) mass is 505 g/mol. The molecule has 5 nitrogen and oxygen atoms in total. The molecule has 2 N–H and O–H groups in total. The van der Waals surface area contributed by atoms with E-state index < -0.39 is 0 Å². The molecule has 0 amide bonds. The van der Waals surface area contributed by atoms with Gasteiger partial charge in [-0.25, -0.2) is 4.98 Å². The maximum absolute atomic E-state index is 6.35. The van der Waals surface area contributed by atoms with Gasteiger partial charge >= 0.3 is 0 Å². The fourth-order valence-electron chi connectivity index (χ4n) is 5.47. The van der Waals surface area contributed by atoms with Crippen molar-refractivity contribution in [3.05, 3.63) is 46.1 Å². The summed E-state index contributed by atoms with van der Waals surface area (Å²) in [6, 6.07) is 10.1. The van der Waals surface area contributed by atoms with Gasteiger partial charge in [-0.15, -0.1) is 0 Å². The van der Waals surface area contributed by atoms with Crippen LogP contribution in [0.15, 0.2) is 30.3 Å². The standard InChI is InChI=1S/C25H33Cl2N5S/c1-17-12-18(2)15-32(14-17)22-13-21(27)29-23(30-22)31-24(33)28-16-25(10-4-3-5-11-25)19-6-8-20(26)9-7-19/h6-9,13,17-18H,3-5,10-12,14-16H2,1-2H3,(H2,28,29,30,31,33)/t17-,18+. The highest BCUT2D eigenvalue weighted by atomic mass is 35.5. The van der Waals surface area contributed by atoms with Gasteiger partial charge in [-0.2, -0.15) is 4.98 Å². The largest absolute Gasteiger partial charge is 0.361 e. The summed E-state index contributed by atoms with van der Waals surface area (Å²) in [4.78, 5) is 11.4. The lowest BCUT2D eigenvalue weighted by Crippen LogP contribution is -2.43. The molecule has 2 aromatic rings. The fourth-order valence-corrected chi connectivity index (χ4v) is 5.94. The smallest absolute Gasteiger partial charge is 0.232 e. The second kappa shape index (κ2) is 10.7. The molecular weight excluding hydrogens is 473 g/mol. The van der Waals surface area contributed by atoms with Gasteiger partial charge in [-0.05, 0) is 61.0 Å². The van der Waals surface area contributed by atoms with Gasteiger partial charge in [0, 0.05) is 36.1 Å². The average molecular weight is 507 g/mol. The molecule has 0 unspecified atom stereocenters. The zero-order valence-electron chi connectivity index (χ0n) is 19.4. The topological polar surface area (TPSA) is 53.1 Å². The lowest BCUT2D eigenvalue weighted by molar-refractivity contribution is 0.292. The van der Waals surface area contributed by atoms with E-state index in [1.54, 1.807) is 0 Å². The van der Waals surface area contributed by atoms with E-state index in [4.69, 9.17) is 40.4 Å². The van der Waals surface area contributed by atoms with E-state index in [9.17, 15) is 0 Å². The Hall–Kier alpha value is -1.63. The third kappa shape index (κ3) is 6.28. The third-order valence-electron chi connectivity index (χ3n) is 6.95. The highest BCUT2D eigenvalue weighted by Crippen LogP contribution is 2.39. The zero-order chi connectivity index (χ0) is 23.4. The Kier molecular flexibility index (Phi) is 7.98. The Labute approximate surface area is 212 Å². The first-order valence-corrected chi connectivity index (χ1v) is 13.1. The van der Waals surface area contributed by atoms with Crippen LogP contribution in [0.3, 0.4) is 0 Å². The molecule has 0 spiro atoms. The molecule has 1 aliphatic carbocycles. The van der Waals surface area contributed by atoms with Gasteiger partial charge in [-0.1, -0.05) is 68.4 Å². The molecule has 1 saturated heterocycles. The maximum atomic E-state index is 6.35. The highest BCUT2D eigenvalue weighted by molar-refractivity contribution is 7.80. The van der Waals surface area contributed by atoms with Crippen molar-refractivity contribution in [2.45, 2.75) is 57.8 Å². The second-order valence-electron chi connectivity index (χ2n) is 9.88. The molecule has 0 radical (unpaired) electrons. The molecule has 2 fully saturated rings. The number of nitrogens with one attached hydrogen (secondary N) is 2. The molecule has 2 heterocycles. The molecule has 8 heteroatoms. The van der Waals surface area contributed by atoms with E-state index in [-0.39, 0.29) is 5.41 Å². The van der Waals surface area contributed by atoms with Crippen molar-refractivity contribution in [3.8, 4) is 0 Å². The van der Waals surface area contributed by atoms with Crippen LogP contribution < -0.4 is 15.5 Å². The molecule has 1 aliphatic heterocycles. The van der Waals surface area contributed by atoms with Crippen LogP contribution in [0.4, 0.5) is 11.8 Å². The highest BCUT2D eigenvalue weighted by Gasteiger charge is 2.34. The van der Waals surface area contributed by atoms with Gasteiger partial charge in [0.15, 0.2) is 5.11 Å². The van der Waals surface area contributed by atoms with Crippen molar-refractivity contribution in [2.75, 3.05) is 29.9 Å². The van der Waals surface area contributed by atoms with Gasteiger partial charge in [0.1, 0.15) is 11.0 Å². The molecular formula is C25H33Cl2N5S. The van der Waals surface area contributed by atoms with Crippen LogP contribution in [0.1, 0.15) is 57.9 Å². The molecule has 0 bridgehead atoms. The van der Waals surface area contributed by atoms with Crippen molar-refractivity contribution in [2.24, 2.45) is 11.8 Å². The first-order chi connectivity index (χ1) is 15.8. The van der Waals surface area contributed by atoms with Crippen LogP contribution in [0.25, 0.3) is 0 Å². The summed E-state index contributed by atoms with van der Waals surface area (Å²) in [5.74, 6) is 2.54. The molecule has 1 aromatic carbocycles. The molecule has 1 aromatic heterocycles. The predicted octanol–water partition coefficient (Wildman–Crippen LogP) is 6.45. The van der Waals surface area contributed by atoms with Crippen molar-refractivity contribution < 1.29 is 0 Å².